The van der Waals surface area contributed by atoms with E-state index >= 15 is 0 Å². The highest BCUT2D eigenvalue weighted by Gasteiger charge is 2.05. The van der Waals surface area contributed by atoms with Crippen molar-refractivity contribution in [1.29, 1.82) is 0 Å². The van der Waals surface area contributed by atoms with E-state index in [1.807, 2.05) is 6.92 Å². The maximum atomic E-state index is 9.35. The van der Waals surface area contributed by atoms with Crippen molar-refractivity contribution in [2.45, 2.75) is 19.6 Å². The molecule has 4 heteroatoms. The number of aliphatic hydroxyl groups is 1. The topological polar surface area (TPSA) is 47.3 Å². The van der Waals surface area contributed by atoms with Gasteiger partial charge in [0, 0.05) is 12.8 Å². The van der Waals surface area contributed by atoms with Crippen molar-refractivity contribution in [3.63, 3.8) is 0 Å². The molecular formula is C8H13N2O2. The summed E-state index contributed by atoms with van der Waals surface area (Å²) in [6.45, 7) is 2.71. The number of methoxy groups -OCH3 is 1. The van der Waals surface area contributed by atoms with Gasteiger partial charge in [0.2, 0.25) is 0 Å². The molecule has 1 atom stereocenters. The van der Waals surface area contributed by atoms with Gasteiger partial charge in [-0.25, -0.2) is 0 Å². The Bertz CT molecular complexity index is 235. The molecule has 0 saturated heterocycles. The Balaban J connectivity index is 2.46. The minimum absolute atomic E-state index is 0.333. The first-order valence-corrected chi connectivity index (χ1v) is 3.81. The molecule has 67 valence electrons. The van der Waals surface area contributed by atoms with E-state index in [0.717, 1.165) is 5.69 Å². The van der Waals surface area contributed by atoms with Gasteiger partial charge in [0.05, 0.1) is 19.3 Å². The summed E-state index contributed by atoms with van der Waals surface area (Å²) in [5.41, 5.74) is 0.991. The molecule has 0 fully saturated rings. The van der Waals surface area contributed by atoms with Crippen LogP contribution in [0.25, 0.3) is 0 Å². The van der Waals surface area contributed by atoms with E-state index in [1.54, 1.807) is 17.9 Å². The Kier molecular flexibility index (Phi) is 3.25. The van der Waals surface area contributed by atoms with Gasteiger partial charge in [-0.05, 0) is 13.0 Å². The molecule has 0 aromatic carbocycles. The number of rotatable bonds is 4. The third-order valence-electron chi connectivity index (χ3n) is 1.60. The zero-order chi connectivity index (χ0) is 8.97. The fraction of sp³-hybridized carbons (Fsp3) is 0.625. The first-order chi connectivity index (χ1) is 5.74. The lowest BCUT2D eigenvalue weighted by atomic mass is 10.3. The van der Waals surface area contributed by atoms with Gasteiger partial charge in [-0.2, -0.15) is 5.10 Å². The van der Waals surface area contributed by atoms with Crippen LogP contribution in [0.1, 0.15) is 5.69 Å². The zero-order valence-corrected chi connectivity index (χ0v) is 7.32. The second kappa shape index (κ2) is 4.23. The van der Waals surface area contributed by atoms with Gasteiger partial charge in [-0.15, -0.1) is 0 Å². The van der Waals surface area contributed by atoms with Gasteiger partial charge in [-0.3, -0.25) is 4.68 Å². The Labute approximate surface area is 71.8 Å². The number of aromatic nitrogens is 2. The van der Waals surface area contributed by atoms with Gasteiger partial charge < -0.3 is 9.84 Å². The molecule has 0 aliphatic carbocycles. The maximum absolute atomic E-state index is 9.35. The standard InChI is InChI=1S/C8H13N2O2/c1-7-3-4-9-10(7)5-8(11)6-12-2/h3,8,11H,5-6H2,1-2H3. The number of hydrogen-bond donors (Lipinski definition) is 1. The van der Waals surface area contributed by atoms with Crippen LogP contribution in [0, 0.1) is 13.1 Å². The van der Waals surface area contributed by atoms with E-state index in [4.69, 9.17) is 4.74 Å². The predicted molar refractivity (Wildman–Crippen MR) is 43.7 cm³/mol. The number of nitrogens with zero attached hydrogens (tertiary/aromatic N) is 2. The normalized spacial score (nSPS) is 13.2. The van der Waals surface area contributed by atoms with E-state index in [-0.39, 0.29) is 0 Å². The minimum atomic E-state index is -0.498. The lowest BCUT2D eigenvalue weighted by Gasteiger charge is -2.10. The monoisotopic (exact) mass is 169 g/mol. The first-order valence-electron chi connectivity index (χ1n) is 3.81. The minimum Gasteiger partial charge on any atom is -0.389 e. The Morgan fingerprint density at radius 1 is 1.83 bits per heavy atom. The molecular weight excluding hydrogens is 156 g/mol. The first kappa shape index (κ1) is 9.22. The van der Waals surface area contributed by atoms with Crippen molar-refractivity contribution < 1.29 is 9.84 Å². The quantitative estimate of drug-likeness (QED) is 0.690. The Morgan fingerprint density at radius 3 is 3.08 bits per heavy atom. The molecule has 0 bridgehead atoms. The molecule has 1 radical (unpaired) electrons. The summed E-state index contributed by atoms with van der Waals surface area (Å²) < 4.78 is 6.49. The second-order valence-corrected chi connectivity index (χ2v) is 2.71. The lowest BCUT2D eigenvalue weighted by molar-refractivity contribution is 0.0510. The molecule has 0 spiro atoms. The maximum Gasteiger partial charge on any atom is 0.113 e. The van der Waals surface area contributed by atoms with Crippen LogP contribution < -0.4 is 0 Å². The van der Waals surface area contributed by atoms with E-state index in [1.165, 1.54) is 0 Å². The average Bonchev–Trinajstić information content (AvgIpc) is 2.37. The molecule has 1 rings (SSSR count). The Morgan fingerprint density at radius 2 is 2.58 bits per heavy atom. The molecule has 0 saturated carbocycles. The van der Waals surface area contributed by atoms with Gasteiger partial charge >= 0.3 is 0 Å². The molecule has 0 aliphatic rings. The molecule has 4 nitrogen and oxygen atoms in total. The number of aryl methyl sites for hydroxylation is 1. The SMILES string of the molecule is COCC(O)Cn1n[c]cc1C. The summed E-state index contributed by atoms with van der Waals surface area (Å²) in [6.07, 6.45) is 2.21. The van der Waals surface area contributed by atoms with Crippen molar-refractivity contribution >= 4 is 0 Å². The summed E-state index contributed by atoms with van der Waals surface area (Å²) in [5, 5.41) is 13.3. The summed E-state index contributed by atoms with van der Waals surface area (Å²) in [6, 6.07) is 1.78. The molecule has 0 amide bonds. The van der Waals surface area contributed by atoms with E-state index < -0.39 is 6.10 Å². The third-order valence-corrected chi connectivity index (χ3v) is 1.60. The average molecular weight is 169 g/mol. The van der Waals surface area contributed by atoms with Crippen LogP contribution in [0.2, 0.25) is 0 Å². The van der Waals surface area contributed by atoms with Crippen molar-refractivity contribution in [1.82, 2.24) is 9.78 Å². The summed E-state index contributed by atoms with van der Waals surface area (Å²) in [5.74, 6) is 0. The van der Waals surface area contributed by atoms with E-state index in [9.17, 15) is 5.11 Å². The summed E-state index contributed by atoms with van der Waals surface area (Å²) >= 11 is 0. The van der Waals surface area contributed by atoms with Gasteiger partial charge in [0.1, 0.15) is 6.20 Å². The van der Waals surface area contributed by atoms with Crippen molar-refractivity contribution in [3.8, 4) is 0 Å². The van der Waals surface area contributed by atoms with Crippen molar-refractivity contribution in [2.75, 3.05) is 13.7 Å². The van der Waals surface area contributed by atoms with Crippen LogP contribution in [0.15, 0.2) is 6.07 Å². The van der Waals surface area contributed by atoms with E-state index in [0.29, 0.717) is 13.2 Å². The van der Waals surface area contributed by atoms with Crippen LogP contribution in [-0.2, 0) is 11.3 Å². The number of aliphatic hydroxyl groups excluding tert-OH is 1. The van der Waals surface area contributed by atoms with Crippen molar-refractivity contribution in [2.24, 2.45) is 0 Å². The lowest BCUT2D eigenvalue weighted by Crippen LogP contribution is -2.22. The molecule has 1 N–H and O–H groups in total. The van der Waals surface area contributed by atoms with Crippen LogP contribution in [0.3, 0.4) is 0 Å². The molecule has 0 aliphatic heterocycles. The molecule has 1 heterocycles. The highest BCUT2D eigenvalue weighted by Crippen LogP contribution is 1.97. The van der Waals surface area contributed by atoms with Gasteiger partial charge in [-0.1, -0.05) is 0 Å². The van der Waals surface area contributed by atoms with Crippen LogP contribution in [-0.4, -0.2) is 34.7 Å². The molecule has 1 aromatic heterocycles. The number of hydrogen-bond acceptors (Lipinski definition) is 3. The molecule has 1 unspecified atom stereocenters. The van der Waals surface area contributed by atoms with Gasteiger partial charge in [0.25, 0.3) is 0 Å². The smallest absolute Gasteiger partial charge is 0.113 e. The zero-order valence-electron chi connectivity index (χ0n) is 7.32. The Hall–Kier alpha value is -0.870. The van der Waals surface area contributed by atoms with Crippen LogP contribution >= 0.6 is 0 Å². The largest absolute Gasteiger partial charge is 0.389 e. The molecule has 12 heavy (non-hydrogen) atoms. The summed E-state index contributed by atoms with van der Waals surface area (Å²) in [7, 11) is 1.56. The van der Waals surface area contributed by atoms with Crippen LogP contribution in [0.4, 0.5) is 0 Å². The third kappa shape index (κ3) is 2.32. The van der Waals surface area contributed by atoms with Gasteiger partial charge in [0.15, 0.2) is 0 Å². The van der Waals surface area contributed by atoms with Crippen molar-refractivity contribution in [3.05, 3.63) is 18.0 Å². The highest BCUT2D eigenvalue weighted by atomic mass is 16.5. The predicted octanol–water partition coefficient (Wildman–Crippen LogP) is -0.000990. The van der Waals surface area contributed by atoms with E-state index in [2.05, 4.69) is 11.3 Å². The second-order valence-electron chi connectivity index (χ2n) is 2.71. The number of ether oxygens (including phenoxy) is 1. The molecule has 1 aromatic rings. The fourth-order valence-electron chi connectivity index (χ4n) is 0.975. The summed E-state index contributed by atoms with van der Waals surface area (Å²) in [4.78, 5) is 0. The highest BCUT2D eigenvalue weighted by molar-refractivity contribution is 4.95. The fourth-order valence-corrected chi connectivity index (χ4v) is 0.975. The van der Waals surface area contributed by atoms with Crippen LogP contribution in [0.5, 0.6) is 0 Å².